The molecule has 2 aromatic rings. The van der Waals surface area contributed by atoms with Crippen molar-refractivity contribution in [1.82, 2.24) is 19.5 Å². The summed E-state index contributed by atoms with van der Waals surface area (Å²) in [5.74, 6) is -0.705. The summed E-state index contributed by atoms with van der Waals surface area (Å²) >= 11 is 0. The second-order valence-corrected chi connectivity index (χ2v) is 5.44. The highest BCUT2D eigenvalue weighted by Crippen LogP contribution is 2.45. The van der Waals surface area contributed by atoms with E-state index in [0.29, 0.717) is 6.42 Å². The average Bonchev–Trinajstić information content (AvgIpc) is 3.00. The Bertz CT molecular complexity index is 729. The van der Waals surface area contributed by atoms with Crippen molar-refractivity contribution in [2.24, 2.45) is 5.92 Å². The summed E-state index contributed by atoms with van der Waals surface area (Å²) in [7, 11) is 0. The summed E-state index contributed by atoms with van der Waals surface area (Å²) in [6, 6.07) is -0.349. The number of aromatic amines is 1. The zero-order valence-electron chi connectivity index (χ0n) is 11.2. The van der Waals surface area contributed by atoms with Crippen LogP contribution in [0.4, 0.5) is 10.3 Å². The van der Waals surface area contributed by atoms with E-state index in [2.05, 4.69) is 15.0 Å². The lowest BCUT2D eigenvalue weighted by atomic mass is 9.95. The maximum absolute atomic E-state index is 14.6. The van der Waals surface area contributed by atoms with Crippen molar-refractivity contribution in [2.45, 2.75) is 24.6 Å². The molecule has 114 valence electrons. The van der Waals surface area contributed by atoms with Crippen LogP contribution in [0.1, 0.15) is 18.9 Å². The highest BCUT2D eigenvalue weighted by molar-refractivity contribution is 5.70. The molecule has 0 aliphatic heterocycles. The third kappa shape index (κ3) is 2.09. The molecule has 8 nitrogen and oxygen atoms in total. The number of nitrogen functional groups attached to an aromatic ring is 1. The van der Waals surface area contributed by atoms with Gasteiger partial charge < -0.3 is 20.5 Å². The zero-order chi connectivity index (χ0) is 15.2. The number of nitrogens with one attached hydrogen (secondary N) is 1. The van der Waals surface area contributed by atoms with Gasteiger partial charge in [0, 0.05) is 25.0 Å². The SMILES string of the molecule is Nc1nc2c(ncn2[C@H]2C[C@H](CO)[C@@](F)(CO)C2)c(=O)[nH]1. The number of rotatable bonds is 3. The number of aromatic nitrogens is 4. The third-order valence-electron chi connectivity index (χ3n) is 4.19. The lowest BCUT2D eigenvalue weighted by Gasteiger charge is -2.22. The first kappa shape index (κ1) is 14.0. The van der Waals surface area contributed by atoms with Crippen molar-refractivity contribution in [1.29, 1.82) is 0 Å². The van der Waals surface area contributed by atoms with E-state index >= 15 is 0 Å². The van der Waals surface area contributed by atoms with Gasteiger partial charge in [-0.05, 0) is 6.42 Å². The van der Waals surface area contributed by atoms with Crippen LogP contribution in [0.2, 0.25) is 0 Å². The number of hydrogen-bond acceptors (Lipinski definition) is 6. The molecular weight excluding hydrogens is 281 g/mol. The van der Waals surface area contributed by atoms with Crippen LogP contribution in [0.5, 0.6) is 0 Å². The van der Waals surface area contributed by atoms with Crippen LogP contribution in [0, 0.1) is 5.92 Å². The number of anilines is 1. The molecule has 5 N–H and O–H groups in total. The maximum atomic E-state index is 14.6. The van der Waals surface area contributed by atoms with Crippen LogP contribution in [0.25, 0.3) is 11.2 Å². The molecule has 0 unspecified atom stereocenters. The van der Waals surface area contributed by atoms with Gasteiger partial charge in [-0.2, -0.15) is 4.98 Å². The fraction of sp³-hybridized carbons (Fsp3) is 0.583. The molecule has 0 spiro atoms. The Labute approximate surface area is 118 Å². The largest absolute Gasteiger partial charge is 0.396 e. The Balaban J connectivity index is 2.04. The van der Waals surface area contributed by atoms with Gasteiger partial charge in [0.05, 0.1) is 12.9 Å². The number of fused-ring (bicyclic) bond motifs is 1. The Morgan fingerprint density at radius 2 is 2.33 bits per heavy atom. The summed E-state index contributed by atoms with van der Waals surface area (Å²) in [4.78, 5) is 22.1. The molecule has 0 saturated heterocycles. The quantitative estimate of drug-likeness (QED) is 0.595. The lowest BCUT2D eigenvalue weighted by Crippen LogP contribution is -2.34. The van der Waals surface area contributed by atoms with Gasteiger partial charge in [0.15, 0.2) is 11.2 Å². The van der Waals surface area contributed by atoms with Crippen molar-refractivity contribution >= 4 is 17.1 Å². The predicted molar refractivity (Wildman–Crippen MR) is 72.3 cm³/mol. The van der Waals surface area contributed by atoms with Crippen LogP contribution in [-0.2, 0) is 0 Å². The van der Waals surface area contributed by atoms with Crippen molar-refractivity contribution in [2.75, 3.05) is 18.9 Å². The van der Waals surface area contributed by atoms with Gasteiger partial charge in [0.1, 0.15) is 5.67 Å². The standard InChI is InChI=1S/C12H16FN5O3/c13-12(4-20)2-7(1-6(12)3-19)18-5-15-8-9(18)16-11(14)17-10(8)21/h5-7,19-20H,1-4H2,(H3,14,16,17,21)/t6-,7+,12+/m1/s1. The fourth-order valence-electron chi connectivity index (χ4n) is 3.04. The van der Waals surface area contributed by atoms with Crippen LogP contribution in [0.3, 0.4) is 0 Å². The van der Waals surface area contributed by atoms with E-state index in [1.54, 1.807) is 4.57 Å². The first-order valence-corrected chi connectivity index (χ1v) is 6.61. The second-order valence-electron chi connectivity index (χ2n) is 5.44. The Hall–Kier alpha value is -2.00. The highest BCUT2D eigenvalue weighted by atomic mass is 19.1. The Morgan fingerprint density at radius 1 is 1.57 bits per heavy atom. The van der Waals surface area contributed by atoms with Crippen molar-refractivity contribution in [3.8, 4) is 0 Å². The van der Waals surface area contributed by atoms with Crippen LogP contribution in [-0.4, -0.2) is 48.6 Å². The first-order chi connectivity index (χ1) is 9.98. The van der Waals surface area contributed by atoms with E-state index in [4.69, 9.17) is 5.73 Å². The molecule has 0 aromatic carbocycles. The van der Waals surface area contributed by atoms with Gasteiger partial charge in [0.25, 0.3) is 5.56 Å². The number of nitrogens with two attached hydrogens (primary N) is 1. The van der Waals surface area contributed by atoms with Crippen molar-refractivity contribution < 1.29 is 14.6 Å². The van der Waals surface area contributed by atoms with Crippen molar-refractivity contribution in [3.05, 3.63) is 16.7 Å². The van der Waals surface area contributed by atoms with E-state index in [0.717, 1.165) is 0 Å². The number of H-pyrrole nitrogens is 1. The van der Waals surface area contributed by atoms with Crippen molar-refractivity contribution in [3.63, 3.8) is 0 Å². The Kier molecular flexibility index (Phi) is 3.18. The summed E-state index contributed by atoms with van der Waals surface area (Å²) in [6.07, 6.45) is 1.76. The van der Waals surface area contributed by atoms with E-state index < -0.39 is 23.8 Å². The molecule has 1 fully saturated rings. The van der Waals surface area contributed by atoms with Gasteiger partial charge in [-0.1, -0.05) is 0 Å². The minimum Gasteiger partial charge on any atom is -0.396 e. The van der Waals surface area contributed by atoms with E-state index in [1.165, 1.54) is 6.33 Å². The summed E-state index contributed by atoms with van der Waals surface area (Å²) in [6.45, 7) is -1.01. The van der Waals surface area contributed by atoms with E-state index in [-0.39, 0.29) is 36.2 Å². The van der Waals surface area contributed by atoms with Crippen LogP contribution in [0.15, 0.2) is 11.1 Å². The molecule has 1 aliphatic rings. The highest BCUT2D eigenvalue weighted by Gasteiger charge is 2.48. The summed E-state index contributed by atoms with van der Waals surface area (Å²) in [5.41, 5.74) is 3.63. The van der Waals surface area contributed by atoms with Crippen LogP contribution >= 0.6 is 0 Å². The number of aliphatic hydroxyl groups excluding tert-OH is 2. The maximum Gasteiger partial charge on any atom is 0.280 e. The summed E-state index contributed by atoms with van der Waals surface area (Å²) in [5, 5.41) is 18.5. The summed E-state index contributed by atoms with van der Waals surface area (Å²) < 4.78 is 16.1. The lowest BCUT2D eigenvalue weighted by molar-refractivity contribution is 0.0119. The number of nitrogens with zero attached hydrogens (tertiary/aromatic N) is 3. The van der Waals surface area contributed by atoms with Gasteiger partial charge in [-0.3, -0.25) is 9.78 Å². The molecule has 0 radical (unpaired) electrons. The molecule has 1 saturated carbocycles. The predicted octanol–water partition coefficient (Wildman–Crippen LogP) is -0.654. The minimum atomic E-state index is -1.84. The number of alkyl halides is 1. The van der Waals surface area contributed by atoms with Gasteiger partial charge in [-0.15, -0.1) is 0 Å². The zero-order valence-corrected chi connectivity index (χ0v) is 11.2. The smallest absolute Gasteiger partial charge is 0.280 e. The molecule has 0 bridgehead atoms. The first-order valence-electron chi connectivity index (χ1n) is 6.61. The molecule has 21 heavy (non-hydrogen) atoms. The molecule has 2 heterocycles. The number of aliphatic hydroxyl groups is 2. The molecule has 3 rings (SSSR count). The normalized spacial score (nSPS) is 29.3. The second kappa shape index (κ2) is 4.78. The fourth-order valence-corrected chi connectivity index (χ4v) is 3.04. The molecule has 2 aromatic heterocycles. The average molecular weight is 297 g/mol. The monoisotopic (exact) mass is 297 g/mol. The number of imidazole rings is 1. The molecular formula is C12H16FN5O3. The third-order valence-corrected chi connectivity index (χ3v) is 4.19. The Morgan fingerprint density at radius 3 is 2.95 bits per heavy atom. The molecule has 3 atom stereocenters. The topological polar surface area (TPSA) is 130 Å². The van der Waals surface area contributed by atoms with Gasteiger partial charge >= 0.3 is 0 Å². The van der Waals surface area contributed by atoms with E-state index in [9.17, 15) is 19.4 Å². The molecule has 9 heteroatoms. The van der Waals surface area contributed by atoms with Crippen LogP contribution < -0.4 is 11.3 Å². The number of hydrogen-bond donors (Lipinski definition) is 4. The van der Waals surface area contributed by atoms with Gasteiger partial charge in [-0.25, -0.2) is 9.37 Å². The van der Waals surface area contributed by atoms with Gasteiger partial charge in [0.2, 0.25) is 5.95 Å². The number of halogens is 1. The van der Waals surface area contributed by atoms with E-state index in [1.807, 2.05) is 0 Å². The molecule has 0 amide bonds. The minimum absolute atomic E-state index is 0.0224. The molecule has 1 aliphatic carbocycles.